The van der Waals surface area contributed by atoms with Gasteiger partial charge < -0.3 is 10.1 Å². The van der Waals surface area contributed by atoms with Gasteiger partial charge in [-0.15, -0.1) is 22.7 Å². The van der Waals surface area contributed by atoms with E-state index >= 15 is 0 Å². The van der Waals surface area contributed by atoms with Gasteiger partial charge in [-0.1, -0.05) is 19.9 Å². The predicted octanol–water partition coefficient (Wildman–Crippen LogP) is 4.71. The van der Waals surface area contributed by atoms with Crippen molar-refractivity contribution in [3.05, 3.63) is 28.7 Å². The van der Waals surface area contributed by atoms with Crippen molar-refractivity contribution < 1.29 is 4.74 Å². The van der Waals surface area contributed by atoms with Crippen molar-refractivity contribution in [2.75, 3.05) is 31.6 Å². The number of aromatic nitrogens is 2. The zero-order chi connectivity index (χ0) is 18.8. The Morgan fingerprint density at radius 2 is 2.00 bits per heavy atom. The van der Waals surface area contributed by atoms with Gasteiger partial charge in [-0.3, -0.25) is 4.90 Å². The highest BCUT2D eigenvalue weighted by Crippen LogP contribution is 2.39. The second-order valence-electron chi connectivity index (χ2n) is 7.36. The van der Waals surface area contributed by atoms with Gasteiger partial charge in [0.2, 0.25) is 0 Å². The molecule has 4 heterocycles. The van der Waals surface area contributed by atoms with Crippen LogP contribution in [-0.2, 0) is 11.3 Å². The van der Waals surface area contributed by atoms with E-state index in [1.54, 1.807) is 22.7 Å². The molecule has 0 unspecified atom stereocenters. The fourth-order valence-electron chi connectivity index (χ4n) is 3.12. The molecule has 0 saturated carbocycles. The van der Waals surface area contributed by atoms with Gasteiger partial charge in [0, 0.05) is 35.0 Å². The number of ether oxygens (including phenoxy) is 1. The van der Waals surface area contributed by atoms with Crippen molar-refractivity contribution in [1.82, 2.24) is 14.9 Å². The number of anilines is 1. The highest BCUT2D eigenvalue weighted by molar-refractivity contribution is 7.18. The van der Waals surface area contributed by atoms with Gasteiger partial charge in [0.05, 0.1) is 25.1 Å². The fourth-order valence-corrected chi connectivity index (χ4v) is 4.90. The average molecular weight is 403 g/mol. The van der Waals surface area contributed by atoms with E-state index in [1.165, 1.54) is 10.4 Å². The van der Waals surface area contributed by atoms with Crippen molar-refractivity contribution in [2.45, 2.75) is 33.4 Å². The molecule has 3 aromatic rings. The quantitative estimate of drug-likeness (QED) is 0.647. The number of hydrogen-bond acceptors (Lipinski definition) is 7. The van der Waals surface area contributed by atoms with Gasteiger partial charge in [-0.25, -0.2) is 9.97 Å². The van der Waals surface area contributed by atoms with E-state index in [-0.39, 0.29) is 0 Å². The van der Waals surface area contributed by atoms with Crippen LogP contribution in [0.5, 0.6) is 0 Å². The van der Waals surface area contributed by atoms with Gasteiger partial charge in [-0.2, -0.15) is 0 Å². The topological polar surface area (TPSA) is 50.3 Å². The minimum absolute atomic E-state index is 0.343. The smallest absolute Gasteiger partial charge is 0.146 e. The van der Waals surface area contributed by atoms with E-state index < -0.39 is 0 Å². The summed E-state index contributed by atoms with van der Waals surface area (Å²) in [5.41, 5.74) is 1.24. The molecule has 27 heavy (non-hydrogen) atoms. The molecule has 7 heteroatoms. The highest BCUT2D eigenvalue weighted by Gasteiger charge is 2.20. The van der Waals surface area contributed by atoms with Crippen LogP contribution in [0.15, 0.2) is 22.9 Å². The summed E-state index contributed by atoms with van der Waals surface area (Å²) in [6, 6.07) is 4.61. The second-order valence-corrected chi connectivity index (χ2v) is 9.17. The molecule has 1 atom stereocenters. The molecule has 1 aliphatic heterocycles. The highest BCUT2D eigenvalue weighted by atomic mass is 32.1. The van der Waals surface area contributed by atoms with Gasteiger partial charge in [0.25, 0.3) is 0 Å². The number of rotatable bonds is 6. The first kappa shape index (κ1) is 18.8. The van der Waals surface area contributed by atoms with Gasteiger partial charge >= 0.3 is 0 Å². The molecule has 144 valence electrons. The van der Waals surface area contributed by atoms with Gasteiger partial charge in [0.15, 0.2) is 0 Å². The first-order chi connectivity index (χ1) is 13.1. The second kappa shape index (κ2) is 8.22. The molecule has 4 rings (SSSR count). The van der Waals surface area contributed by atoms with Crippen LogP contribution in [0, 0.1) is 5.92 Å². The van der Waals surface area contributed by atoms with Crippen LogP contribution in [0.2, 0.25) is 0 Å². The van der Waals surface area contributed by atoms with E-state index in [2.05, 4.69) is 53.9 Å². The average Bonchev–Trinajstić information content (AvgIpc) is 3.31. The molecule has 1 fully saturated rings. The fraction of sp³-hybridized carbons (Fsp3) is 0.500. The first-order valence-corrected chi connectivity index (χ1v) is 11.3. The van der Waals surface area contributed by atoms with Crippen LogP contribution in [0.1, 0.15) is 26.6 Å². The molecule has 1 aliphatic rings. The van der Waals surface area contributed by atoms with E-state index in [0.29, 0.717) is 12.0 Å². The maximum atomic E-state index is 5.46. The molecule has 0 spiro atoms. The largest absolute Gasteiger partial charge is 0.379 e. The third kappa shape index (κ3) is 4.16. The Kier molecular flexibility index (Phi) is 5.73. The Bertz CT molecular complexity index is 885. The molecule has 3 aromatic heterocycles. The minimum Gasteiger partial charge on any atom is -0.379 e. The molecule has 1 N–H and O–H groups in total. The maximum Gasteiger partial charge on any atom is 0.146 e. The molecular formula is C20H26N4OS2. The summed E-state index contributed by atoms with van der Waals surface area (Å²) in [6.45, 7) is 10.9. The Morgan fingerprint density at radius 1 is 1.19 bits per heavy atom. The lowest BCUT2D eigenvalue weighted by Gasteiger charge is -2.26. The molecule has 1 saturated heterocycles. The normalized spacial score (nSPS) is 16.9. The number of fused-ring (bicyclic) bond motifs is 1. The minimum atomic E-state index is 0.343. The van der Waals surface area contributed by atoms with Crippen molar-refractivity contribution in [3.8, 4) is 10.4 Å². The molecule has 0 radical (unpaired) electrons. The zero-order valence-corrected chi connectivity index (χ0v) is 17.7. The Hall–Kier alpha value is -1.54. The summed E-state index contributed by atoms with van der Waals surface area (Å²) >= 11 is 3.47. The summed E-state index contributed by atoms with van der Waals surface area (Å²) in [7, 11) is 0. The molecule has 0 amide bonds. The predicted molar refractivity (Wildman–Crippen MR) is 115 cm³/mol. The van der Waals surface area contributed by atoms with Gasteiger partial charge in [-0.05, 0) is 24.3 Å². The van der Waals surface area contributed by atoms with Crippen molar-refractivity contribution in [3.63, 3.8) is 0 Å². The third-order valence-electron chi connectivity index (χ3n) is 5.10. The lowest BCUT2D eigenvalue weighted by Crippen LogP contribution is -2.36. The van der Waals surface area contributed by atoms with E-state index in [0.717, 1.165) is 54.7 Å². The number of thiophene rings is 2. The number of hydrogen-bond donors (Lipinski definition) is 1. The van der Waals surface area contributed by atoms with E-state index in [9.17, 15) is 0 Å². The van der Waals surface area contributed by atoms with Crippen LogP contribution < -0.4 is 5.32 Å². The third-order valence-corrected chi connectivity index (χ3v) is 6.88. The van der Waals surface area contributed by atoms with Crippen molar-refractivity contribution in [1.29, 1.82) is 0 Å². The van der Waals surface area contributed by atoms with Crippen LogP contribution in [0.4, 0.5) is 5.82 Å². The summed E-state index contributed by atoms with van der Waals surface area (Å²) in [5, 5.41) is 9.16. The van der Waals surface area contributed by atoms with Crippen molar-refractivity contribution in [2.24, 2.45) is 5.92 Å². The first-order valence-electron chi connectivity index (χ1n) is 9.50. The standard InChI is InChI=1S/C20H26N4OS2/c1-13(2)14(3)21-19-18-15(16-5-4-10-26-16)12-27-20(18)23-17(22-19)11-24-6-8-25-9-7-24/h4-5,10,12-14H,6-9,11H2,1-3H3,(H,21,22,23)/t14-/m0/s1. The Morgan fingerprint density at radius 3 is 2.70 bits per heavy atom. The van der Waals surface area contributed by atoms with Crippen LogP contribution in [0.3, 0.4) is 0 Å². The maximum absolute atomic E-state index is 5.46. The lowest BCUT2D eigenvalue weighted by molar-refractivity contribution is 0.0331. The Balaban J connectivity index is 1.74. The summed E-state index contributed by atoms with van der Waals surface area (Å²) in [5.74, 6) is 2.39. The van der Waals surface area contributed by atoms with Crippen LogP contribution in [-0.4, -0.2) is 47.2 Å². The molecule has 0 bridgehead atoms. The number of morpholine rings is 1. The van der Waals surface area contributed by atoms with E-state index in [1.807, 2.05) is 0 Å². The number of nitrogens with zero attached hydrogens (tertiary/aromatic N) is 3. The monoisotopic (exact) mass is 402 g/mol. The number of nitrogens with one attached hydrogen (secondary N) is 1. The SMILES string of the molecule is CC(C)[C@H](C)Nc1nc(CN2CCOCC2)nc2scc(-c3cccs3)c12. The summed E-state index contributed by atoms with van der Waals surface area (Å²) in [4.78, 5) is 14.6. The van der Waals surface area contributed by atoms with Crippen molar-refractivity contribution >= 4 is 38.7 Å². The molecule has 0 aromatic carbocycles. The molecule has 0 aliphatic carbocycles. The Labute approximate surface area is 168 Å². The summed E-state index contributed by atoms with van der Waals surface area (Å²) < 4.78 is 5.46. The van der Waals surface area contributed by atoms with Crippen LogP contribution in [0.25, 0.3) is 20.7 Å². The molecule has 5 nitrogen and oxygen atoms in total. The summed E-state index contributed by atoms with van der Waals surface area (Å²) in [6.07, 6.45) is 0. The van der Waals surface area contributed by atoms with Gasteiger partial charge in [0.1, 0.15) is 16.5 Å². The zero-order valence-electron chi connectivity index (χ0n) is 16.1. The molecular weight excluding hydrogens is 376 g/mol. The lowest BCUT2D eigenvalue weighted by atomic mass is 10.1. The van der Waals surface area contributed by atoms with Crippen LogP contribution >= 0.6 is 22.7 Å². The van der Waals surface area contributed by atoms with E-state index in [4.69, 9.17) is 14.7 Å².